The van der Waals surface area contributed by atoms with Gasteiger partial charge in [0.05, 0.1) is 5.56 Å². The van der Waals surface area contributed by atoms with Crippen molar-refractivity contribution >= 4 is 11.2 Å². The number of pyridine rings is 1. The Morgan fingerprint density at radius 3 is 2.89 bits per heavy atom. The summed E-state index contributed by atoms with van der Waals surface area (Å²) in [7, 11) is 0. The molecule has 0 saturated heterocycles. The largest absolute Gasteiger partial charge is 0.507 e. The van der Waals surface area contributed by atoms with Crippen molar-refractivity contribution in [1.29, 1.82) is 0 Å². The van der Waals surface area contributed by atoms with E-state index < -0.39 is 0 Å². The number of hydrogen-bond donors (Lipinski definition) is 1. The van der Waals surface area contributed by atoms with Crippen LogP contribution in [0.15, 0.2) is 36.5 Å². The van der Waals surface area contributed by atoms with Crippen LogP contribution in [-0.4, -0.2) is 19.6 Å². The lowest BCUT2D eigenvalue weighted by Crippen LogP contribution is -1.99. The smallest absolute Gasteiger partial charge is 0.160 e. The van der Waals surface area contributed by atoms with E-state index in [1.807, 2.05) is 42.7 Å². The molecule has 0 aliphatic carbocycles. The van der Waals surface area contributed by atoms with Crippen LogP contribution in [0, 0.1) is 6.92 Å². The second-order valence-corrected chi connectivity index (χ2v) is 4.55. The predicted molar refractivity (Wildman–Crippen MR) is 75.0 cm³/mol. The van der Waals surface area contributed by atoms with Crippen molar-refractivity contribution in [3.05, 3.63) is 42.1 Å². The molecule has 4 heteroatoms. The summed E-state index contributed by atoms with van der Waals surface area (Å²) < 4.78 is 2.02. The van der Waals surface area contributed by atoms with E-state index >= 15 is 0 Å². The van der Waals surface area contributed by atoms with Gasteiger partial charge in [0, 0.05) is 12.7 Å². The molecule has 1 N–H and O–H groups in total. The summed E-state index contributed by atoms with van der Waals surface area (Å²) in [5.41, 5.74) is 3.54. The van der Waals surface area contributed by atoms with E-state index in [0.717, 1.165) is 34.7 Å². The Balaban J connectivity index is 2.33. The number of aryl methyl sites for hydroxylation is 2. The molecular formula is C15H15N3O. The van der Waals surface area contributed by atoms with Crippen LogP contribution in [0.25, 0.3) is 22.6 Å². The van der Waals surface area contributed by atoms with Gasteiger partial charge in [-0.15, -0.1) is 0 Å². The zero-order valence-electron chi connectivity index (χ0n) is 11.0. The predicted octanol–water partition coefficient (Wildman–Crippen LogP) is 3.13. The molecule has 0 aliphatic heterocycles. The Hall–Kier alpha value is -2.36. The molecule has 96 valence electrons. The van der Waals surface area contributed by atoms with Crippen molar-refractivity contribution in [2.75, 3.05) is 0 Å². The molecule has 19 heavy (non-hydrogen) atoms. The number of rotatable bonds is 2. The molecule has 0 spiro atoms. The van der Waals surface area contributed by atoms with Gasteiger partial charge in [-0.25, -0.2) is 9.97 Å². The molecule has 0 aliphatic rings. The first-order valence-electron chi connectivity index (χ1n) is 6.32. The third-order valence-corrected chi connectivity index (χ3v) is 3.21. The minimum Gasteiger partial charge on any atom is -0.507 e. The average Bonchev–Trinajstić information content (AvgIpc) is 2.79. The highest BCUT2D eigenvalue weighted by atomic mass is 16.3. The second kappa shape index (κ2) is 4.39. The molecule has 0 saturated carbocycles. The van der Waals surface area contributed by atoms with Gasteiger partial charge in [0.25, 0.3) is 0 Å². The molecule has 0 fully saturated rings. The fraction of sp³-hybridized carbons (Fsp3) is 0.200. The van der Waals surface area contributed by atoms with Crippen LogP contribution in [0.5, 0.6) is 5.75 Å². The molecule has 2 heterocycles. The molecule has 1 aromatic carbocycles. The van der Waals surface area contributed by atoms with Gasteiger partial charge >= 0.3 is 0 Å². The van der Waals surface area contributed by atoms with E-state index in [1.165, 1.54) is 0 Å². The van der Waals surface area contributed by atoms with Gasteiger partial charge in [-0.1, -0.05) is 11.6 Å². The normalized spacial score (nSPS) is 11.1. The van der Waals surface area contributed by atoms with Gasteiger partial charge in [-0.2, -0.15) is 0 Å². The molecule has 3 rings (SSSR count). The molecule has 0 amide bonds. The molecule has 0 atom stereocenters. The monoisotopic (exact) mass is 253 g/mol. The van der Waals surface area contributed by atoms with Gasteiger partial charge in [0.2, 0.25) is 0 Å². The minimum atomic E-state index is 0.246. The number of benzene rings is 1. The third-order valence-electron chi connectivity index (χ3n) is 3.21. The maximum atomic E-state index is 10.1. The zero-order valence-corrected chi connectivity index (χ0v) is 11.0. The van der Waals surface area contributed by atoms with Crippen molar-refractivity contribution in [2.24, 2.45) is 0 Å². The molecule has 0 unspecified atom stereocenters. The number of nitrogens with zero attached hydrogens (tertiary/aromatic N) is 3. The Kier molecular flexibility index (Phi) is 2.71. The van der Waals surface area contributed by atoms with Crippen LogP contribution in [0.1, 0.15) is 12.5 Å². The number of aromatic hydroxyl groups is 1. The lowest BCUT2D eigenvalue weighted by atomic mass is 10.1. The first-order chi connectivity index (χ1) is 9.20. The number of aromatic nitrogens is 3. The molecule has 0 radical (unpaired) electrons. The van der Waals surface area contributed by atoms with E-state index in [2.05, 4.69) is 9.97 Å². The van der Waals surface area contributed by atoms with Crippen molar-refractivity contribution in [3.63, 3.8) is 0 Å². The quantitative estimate of drug-likeness (QED) is 0.763. The number of phenolic OH excluding ortho intramolecular Hbond substituents is 1. The number of fused-ring (bicyclic) bond motifs is 1. The maximum absolute atomic E-state index is 10.1. The molecule has 4 nitrogen and oxygen atoms in total. The van der Waals surface area contributed by atoms with Crippen LogP contribution in [0.4, 0.5) is 0 Å². The first-order valence-corrected chi connectivity index (χ1v) is 6.32. The Morgan fingerprint density at radius 2 is 2.11 bits per heavy atom. The van der Waals surface area contributed by atoms with Crippen LogP contribution in [-0.2, 0) is 6.54 Å². The molecule has 0 bridgehead atoms. The summed E-state index contributed by atoms with van der Waals surface area (Å²) in [6.07, 6.45) is 1.76. The highest BCUT2D eigenvalue weighted by Gasteiger charge is 2.15. The Labute approximate surface area is 111 Å². The summed E-state index contributed by atoms with van der Waals surface area (Å²) >= 11 is 0. The van der Waals surface area contributed by atoms with E-state index in [4.69, 9.17) is 0 Å². The summed E-state index contributed by atoms with van der Waals surface area (Å²) in [5, 5.41) is 10.1. The lowest BCUT2D eigenvalue weighted by Gasteiger charge is -2.08. The SMILES string of the molecule is CCn1c(-c2cc(C)ccc2O)nc2cccnc21. The molecule has 3 aromatic rings. The van der Waals surface area contributed by atoms with Crippen molar-refractivity contribution in [2.45, 2.75) is 20.4 Å². The van der Waals surface area contributed by atoms with E-state index in [0.29, 0.717) is 0 Å². The highest BCUT2D eigenvalue weighted by molar-refractivity contribution is 5.78. The summed E-state index contributed by atoms with van der Waals surface area (Å²) in [6.45, 7) is 4.81. The van der Waals surface area contributed by atoms with Crippen molar-refractivity contribution in [3.8, 4) is 17.1 Å². The fourth-order valence-corrected chi connectivity index (χ4v) is 2.29. The lowest BCUT2D eigenvalue weighted by molar-refractivity contribution is 0.476. The summed E-state index contributed by atoms with van der Waals surface area (Å²) in [6, 6.07) is 9.34. The Morgan fingerprint density at radius 1 is 1.26 bits per heavy atom. The van der Waals surface area contributed by atoms with Crippen LogP contribution < -0.4 is 0 Å². The van der Waals surface area contributed by atoms with Crippen LogP contribution >= 0.6 is 0 Å². The van der Waals surface area contributed by atoms with Gasteiger partial charge in [-0.05, 0) is 38.1 Å². The van der Waals surface area contributed by atoms with Crippen LogP contribution in [0.2, 0.25) is 0 Å². The second-order valence-electron chi connectivity index (χ2n) is 4.55. The third kappa shape index (κ3) is 1.85. The summed E-state index contributed by atoms with van der Waals surface area (Å²) in [5.74, 6) is 1.01. The summed E-state index contributed by atoms with van der Waals surface area (Å²) in [4.78, 5) is 8.97. The first kappa shape index (κ1) is 11.7. The number of phenols is 1. The topological polar surface area (TPSA) is 50.9 Å². The maximum Gasteiger partial charge on any atom is 0.160 e. The standard InChI is InChI=1S/C15H15N3O/c1-3-18-14(11-9-10(2)6-7-13(11)19)17-12-5-4-8-16-15(12)18/h4-9,19H,3H2,1-2H3. The fourth-order valence-electron chi connectivity index (χ4n) is 2.29. The van der Waals surface area contributed by atoms with E-state index in [9.17, 15) is 5.11 Å². The molecule has 2 aromatic heterocycles. The van der Waals surface area contributed by atoms with Gasteiger partial charge in [0.15, 0.2) is 5.65 Å². The van der Waals surface area contributed by atoms with E-state index in [-0.39, 0.29) is 5.75 Å². The zero-order chi connectivity index (χ0) is 13.4. The number of hydrogen-bond acceptors (Lipinski definition) is 3. The van der Waals surface area contributed by atoms with E-state index in [1.54, 1.807) is 12.3 Å². The van der Waals surface area contributed by atoms with Crippen LogP contribution in [0.3, 0.4) is 0 Å². The highest BCUT2D eigenvalue weighted by Crippen LogP contribution is 2.31. The average molecular weight is 253 g/mol. The van der Waals surface area contributed by atoms with Crippen molar-refractivity contribution < 1.29 is 5.11 Å². The van der Waals surface area contributed by atoms with Crippen molar-refractivity contribution in [1.82, 2.24) is 14.5 Å². The van der Waals surface area contributed by atoms with Gasteiger partial charge < -0.3 is 9.67 Å². The van der Waals surface area contributed by atoms with Gasteiger partial charge in [-0.3, -0.25) is 0 Å². The Bertz CT molecular complexity index is 746. The minimum absolute atomic E-state index is 0.246. The number of imidazole rings is 1. The van der Waals surface area contributed by atoms with Gasteiger partial charge in [0.1, 0.15) is 17.1 Å². The molecular weight excluding hydrogens is 238 g/mol.